The van der Waals surface area contributed by atoms with E-state index < -0.39 is 17.4 Å². The minimum absolute atomic E-state index is 0.0439. The van der Waals surface area contributed by atoms with Gasteiger partial charge in [-0.25, -0.2) is 4.79 Å². The van der Waals surface area contributed by atoms with Crippen molar-refractivity contribution in [2.45, 2.75) is 13.8 Å². The van der Waals surface area contributed by atoms with Gasteiger partial charge in [-0.15, -0.1) is 11.3 Å². The van der Waals surface area contributed by atoms with Gasteiger partial charge in [0.15, 0.2) is 0 Å². The minimum atomic E-state index is -0.792. The Kier molecular flexibility index (Phi) is 7.03. The number of aromatic nitrogens is 2. The maximum atomic E-state index is 13.2. The molecule has 0 saturated carbocycles. The van der Waals surface area contributed by atoms with Crippen LogP contribution in [0.4, 0.5) is 0 Å². The first-order valence-electron chi connectivity index (χ1n) is 9.88. The van der Waals surface area contributed by atoms with Gasteiger partial charge in [0.2, 0.25) is 0 Å². The third-order valence-electron chi connectivity index (χ3n) is 4.77. The van der Waals surface area contributed by atoms with Crippen molar-refractivity contribution in [2.24, 2.45) is 11.7 Å². The van der Waals surface area contributed by atoms with E-state index in [0.717, 1.165) is 16.9 Å². The molecule has 0 radical (unpaired) electrons. The molecule has 8 heteroatoms. The molecule has 0 aromatic carbocycles. The average molecular weight is 447 g/mol. The molecule has 1 aliphatic heterocycles. The van der Waals surface area contributed by atoms with Gasteiger partial charge in [-0.3, -0.25) is 14.3 Å². The van der Waals surface area contributed by atoms with Crippen LogP contribution < -0.4 is 20.5 Å². The number of ether oxygens (including phenoxy) is 1. The Morgan fingerprint density at radius 3 is 2.75 bits per heavy atom. The van der Waals surface area contributed by atoms with Crippen molar-refractivity contribution < 1.29 is 9.53 Å². The fourth-order valence-electron chi connectivity index (χ4n) is 3.48. The lowest BCUT2D eigenvalue weighted by atomic mass is 9.83. The quantitative estimate of drug-likeness (QED) is 0.535. The number of nitriles is 1. The normalized spacial score (nSPS) is 16.8. The Balaban J connectivity index is 2.44. The van der Waals surface area contributed by atoms with Crippen molar-refractivity contribution in [3.05, 3.63) is 91.7 Å². The molecule has 1 unspecified atom stereocenters. The number of carbonyl (C=O) groups excluding carboxylic acids is 1. The predicted molar refractivity (Wildman–Crippen MR) is 125 cm³/mol. The maximum Gasteiger partial charge on any atom is 0.338 e. The highest BCUT2D eigenvalue weighted by Gasteiger charge is 2.36. The van der Waals surface area contributed by atoms with Crippen LogP contribution in [0.25, 0.3) is 17.5 Å². The van der Waals surface area contributed by atoms with Gasteiger partial charge in [-0.1, -0.05) is 30.9 Å². The zero-order valence-electron chi connectivity index (χ0n) is 17.7. The number of nitrogens with two attached hydrogens (primary N) is 1. The molecule has 32 heavy (non-hydrogen) atoms. The molecule has 0 bridgehead atoms. The third-order valence-corrected chi connectivity index (χ3v) is 5.88. The first kappa shape index (κ1) is 22.7. The number of esters is 1. The van der Waals surface area contributed by atoms with Gasteiger partial charge in [0, 0.05) is 12.4 Å². The summed E-state index contributed by atoms with van der Waals surface area (Å²) in [5.41, 5.74) is 7.69. The molecule has 1 aliphatic rings. The van der Waals surface area contributed by atoms with Crippen LogP contribution in [0.15, 0.2) is 71.4 Å². The summed E-state index contributed by atoms with van der Waals surface area (Å²) in [5, 5.41) is 10.1. The Labute approximate surface area is 189 Å². The number of hydrogen-bond acceptors (Lipinski definition) is 7. The molecule has 2 aromatic rings. The summed E-state index contributed by atoms with van der Waals surface area (Å²) < 4.78 is 7.22. The van der Waals surface area contributed by atoms with Crippen molar-refractivity contribution in [1.29, 1.82) is 5.26 Å². The number of hydrogen-bond donors (Lipinski definition) is 1. The van der Waals surface area contributed by atoms with Crippen molar-refractivity contribution in [3.8, 4) is 6.07 Å². The van der Waals surface area contributed by atoms with E-state index in [-0.39, 0.29) is 23.6 Å². The lowest BCUT2D eigenvalue weighted by Gasteiger charge is -2.25. The first-order valence-corrected chi connectivity index (χ1v) is 10.7. The van der Waals surface area contributed by atoms with Crippen LogP contribution in [-0.4, -0.2) is 22.1 Å². The van der Waals surface area contributed by atoms with Gasteiger partial charge in [0.05, 0.1) is 34.3 Å². The number of allylic oxidation sites excluding steroid dienone is 5. The van der Waals surface area contributed by atoms with Crippen LogP contribution in [0, 0.1) is 17.2 Å². The van der Waals surface area contributed by atoms with E-state index in [1.165, 1.54) is 4.57 Å². The molecule has 0 amide bonds. The van der Waals surface area contributed by atoms with Crippen LogP contribution in [0.1, 0.15) is 19.4 Å². The fourth-order valence-corrected chi connectivity index (χ4v) is 4.61. The third kappa shape index (κ3) is 4.11. The molecular formula is C24H22N4O3S. The second kappa shape index (κ2) is 9.90. The van der Waals surface area contributed by atoms with Crippen molar-refractivity contribution in [2.75, 3.05) is 6.61 Å². The maximum absolute atomic E-state index is 13.2. The Morgan fingerprint density at radius 1 is 1.44 bits per heavy atom. The summed E-state index contributed by atoms with van der Waals surface area (Å²) in [7, 11) is 0. The van der Waals surface area contributed by atoms with Gasteiger partial charge < -0.3 is 10.5 Å². The van der Waals surface area contributed by atoms with Gasteiger partial charge in [-0.2, -0.15) is 5.26 Å². The highest BCUT2D eigenvalue weighted by atomic mass is 32.1. The summed E-state index contributed by atoms with van der Waals surface area (Å²) in [6.45, 7) is 7.36. The van der Waals surface area contributed by atoms with E-state index in [4.69, 9.17) is 10.5 Å². The van der Waals surface area contributed by atoms with Crippen LogP contribution in [0.3, 0.4) is 0 Å². The average Bonchev–Trinajstić information content (AvgIpc) is 3.10. The van der Waals surface area contributed by atoms with E-state index in [0.29, 0.717) is 14.8 Å². The zero-order chi connectivity index (χ0) is 23.3. The number of thiazole rings is 1. The highest BCUT2D eigenvalue weighted by Crippen LogP contribution is 2.34. The zero-order valence-corrected chi connectivity index (χ0v) is 18.6. The van der Waals surface area contributed by atoms with E-state index >= 15 is 0 Å². The summed E-state index contributed by atoms with van der Waals surface area (Å²) in [5.74, 6) is -1.51. The number of carbonyl (C=O) groups is 1. The van der Waals surface area contributed by atoms with Crippen molar-refractivity contribution >= 4 is 34.8 Å². The standard InChI is InChI=1S/C24H22N4O3S/c1-4-7-16(8-5-2)19-17(14-25)23-28(21(26)20(19)24(30)31-6-3)22(29)18(32-23)13-15-9-11-27-12-10-15/h4-5,7-13,19H,1,6,26H2,2-3H3/b8-5-,16-7+,18-13-. The SMILES string of the molecule is C=C/C=C(\C=C/C)C1C(C(=O)OCC)=C(N)n2c(s/c(=C\c3ccncc3)c2=O)=C1C#N. The number of nitrogens with zero attached hydrogens (tertiary/aromatic N) is 3. The predicted octanol–water partition coefficient (Wildman–Crippen LogP) is 1.82. The van der Waals surface area contributed by atoms with E-state index in [2.05, 4.69) is 17.6 Å². The van der Waals surface area contributed by atoms with E-state index in [1.807, 2.05) is 6.92 Å². The van der Waals surface area contributed by atoms with E-state index in [9.17, 15) is 14.9 Å². The summed E-state index contributed by atoms with van der Waals surface area (Å²) in [4.78, 5) is 30.1. The molecule has 1 atom stereocenters. The second-order valence-electron chi connectivity index (χ2n) is 6.72. The Hall–Kier alpha value is -3.96. The number of pyridine rings is 1. The van der Waals surface area contributed by atoms with Gasteiger partial charge in [0.25, 0.3) is 5.56 Å². The molecule has 3 heterocycles. The topological polar surface area (TPSA) is 111 Å². The molecule has 2 aromatic heterocycles. The molecule has 0 spiro atoms. The molecule has 0 aliphatic carbocycles. The molecular weight excluding hydrogens is 424 g/mol. The largest absolute Gasteiger partial charge is 0.463 e. The van der Waals surface area contributed by atoms with Gasteiger partial charge in [0.1, 0.15) is 10.5 Å². The van der Waals surface area contributed by atoms with Crippen LogP contribution in [0.2, 0.25) is 0 Å². The molecule has 0 fully saturated rings. The van der Waals surface area contributed by atoms with E-state index in [1.54, 1.807) is 61.8 Å². The monoisotopic (exact) mass is 446 g/mol. The van der Waals surface area contributed by atoms with Crippen LogP contribution >= 0.6 is 11.3 Å². The Morgan fingerprint density at radius 2 is 2.16 bits per heavy atom. The fraction of sp³-hybridized carbons (Fsp3) is 0.167. The number of fused-ring (bicyclic) bond motifs is 1. The first-order chi connectivity index (χ1) is 15.5. The summed E-state index contributed by atoms with van der Waals surface area (Å²) >= 11 is 1.15. The van der Waals surface area contributed by atoms with Crippen molar-refractivity contribution in [3.63, 3.8) is 0 Å². The second-order valence-corrected chi connectivity index (χ2v) is 7.75. The molecule has 162 valence electrons. The Bertz CT molecular complexity index is 1370. The highest BCUT2D eigenvalue weighted by molar-refractivity contribution is 7.07. The summed E-state index contributed by atoms with van der Waals surface area (Å²) in [6.07, 6.45) is 11.8. The number of rotatable bonds is 6. The minimum Gasteiger partial charge on any atom is -0.463 e. The smallest absolute Gasteiger partial charge is 0.338 e. The van der Waals surface area contributed by atoms with Crippen LogP contribution in [-0.2, 0) is 9.53 Å². The molecule has 2 N–H and O–H groups in total. The lowest BCUT2D eigenvalue weighted by molar-refractivity contribution is -0.138. The summed E-state index contributed by atoms with van der Waals surface area (Å²) in [6, 6.07) is 5.73. The molecule has 7 nitrogen and oxygen atoms in total. The van der Waals surface area contributed by atoms with Crippen molar-refractivity contribution in [1.82, 2.24) is 9.55 Å². The molecule has 3 rings (SSSR count). The lowest BCUT2D eigenvalue weighted by Crippen LogP contribution is -2.41. The molecule has 0 saturated heterocycles. The van der Waals surface area contributed by atoms with Gasteiger partial charge in [-0.05, 0) is 43.2 Å². The van der Waals surface area contributed by atoms with Gasteiger partial charge >= 0.3 is 5.97 Å². The van der Waals surface area contributed by atoms with Crippen LogP contribution in [0.5, 0.6) is 0 Å².